The van der Waals surface area contributed by atoms with Gasteiger partial charge < -0.3 is 19.9 Å². The lowest BCUT2D eigenvalue weighted by Crippen LogP contribution is -2.51. The average molecular weight is 618 g/mol. The Kier molecular flexibility index (Phi) is 11.0. The third kappa shape index (κ3) is 7.61. The standard InChI is InChI=1S/C35H44FN5O4/c1-2-3-4-5-11-32(26-12-14-37-15-13-26)39-17-19-40(20-18-39)33-23-30-29(22-31(33)36)34(44)41(35(30)45)27-9-8-16-38(24-27)25-28(43)10-6-7-21-42/h8-9,12-14,16,21-23,32,37H,2-7,10-11,15,17-20,24-25H2,1H3. The zero-order chi connectivity index (χ0) is 31.8. The lowest BCUT2D eigenvalue weighted by atomic mass is 9.96. The second kappa shape index (κ2) is 15.3. The summed E-state index contributed by atoms with van der Waals surface area (Å²) in [5.41, 5.74) is 2.37. The molecular formula is C35H44FN5O4. The number of piperazine rings is 1. The first-order valence-electron chi connectivity index (χ1n) is 16.3. The molecule has 4 heterocycles. The van der Waals surface area contributed by atoms with Crippen molar-refractivity contribution in [3.63, 3.8) is 0 Å². The average Bonchev–Trinajstić information content (AvgIpc) is 3.29. The lowest BCUT2D eigenvalue weighted by molar-refractivity contribution is -0.119. The maximum absolute atomic E-state index is 15.6. The summed E-state index contributed by atoms with van der Waals surface area (Å²) < 4.78 is 15.6. The number of fused-ring (bicyclic) bond motifs is 1. The number of Topliss-reactive ketones (excluding diaryl/α,β-unsaturated/α-hetero) is 1. The van der Waals surface area contributed by atoms with Crippen molar-refractivity contribution < 1.29 is 23.6 Å². The summed E-state index contributed by atoms with van der Waals surface area (Å²) in [5, 5.41) is 3.24. The minimum atomic E-state index is -0.557. The van der Waals surface area contributed by atoms with E-state index in [9.17, 15) is 19.2 Å². The number of carbonyl (C=O) groups is 4. The fourth-order valence-electron chi connectivity index (χ4n) is 6.60. The molecule has 0 spiro atoms. The molecule has 1 atom stereocenters. The van der Waals surface area contributed by atoms with E-state index in [0.717, 1.165) is 37.2 Å². The van der Waals surface area contributed by atoms with Crippen molar-refractivity contribution in [3.8, 4) is 0 Å². The van der Waals surface area contributed by atoms with Crippen molar-refractivity contribution in [2.24, 2.45) is 0 Å². The highest BCUT2D eigenvalue weighted by atomic mass is 19.1. The number of anilines is 1. The summed E-state index contributed by atoms with van der Waals surface area (Å²) in [7, 11) is 0. The van der Waals surface area contributed by atoms with E-state index in [0.29, 0.717) is 43.4 Å². The van der Waals surface area contributed by atoms with E-state index in [4.69, 9.17) is 0 Å². The van der Waals surface area contributed by atoms with Gasteiger partial charge in [-0.2, -0.15) is 0 Å². The summed E-state index contributed by atoms with van der Waals surface area (Å²) in [6.45, 7) is 6.14. The fourth-order valence-corrected chi connectivity index (χ4v) is 6.60. The number of halogens is 1. The molecule has 2 amide bonds. The van der Waals surface area contributed by atoms with Gasteiger partial charge in [0.1, 0.15) is 12.1 Å². The number of dihydropyridines is 1. The van der Waals surface area contributed by atoms with Crippen LogP contribution in [0.5, 0.6) is 0 Å². The summed E-state index contributed by atoms with van der Waals surface area (Å²) in [5.74, 6) is -1.57. The van der Waals surface area contributed by atoms with E-state index >= 15 is 4.39 Å². The maximum atomic E-state index is 15.6. The molecule has 1 saturated heterocycles. The number of amides is 2. The number of aldehydes is 1. The Hall–Kier alpha value is -4.05. The topological polar surface area (TPSA) is 93.3 Å². The number of imide groups is 1. The monoisotopic (exact) mass is 617 g/mol. The van der Waals surface area contributed by atoms with Crippen molar-refractivity contribution in [2.75, 3.05) is 50.7 Å². The Labute approximate surface area is 265 Å². The van der Waals surface area contributed by atoms with E-state index < -0.39 is 17.6 Å². The van der Waals surface area contributed by atoms with Crippen LogP contribution in [0.3, 0.4) is 0 Å². The van der Waals surface area contributed by atoms with Gasteiger partial charge in [0.2, 0.25) is 0 Å². The van der Waals surface area contributed by atoms with Gasteiger partial charge >= 0.3 is 0 Å². The largest absolute Gasteiger partial charge is 0.387 e. The predicted octanol–water partition coefficient (Wildman–Crippen LogP) is 4.58. The van der Waals surface area contributed by atoms with Crippen LogP contribution in [0.25, 0.3) is 0 Å². The van der Waals surface area contributed by atoms with Crippen molar-refractivity contribution in [2.45, 2.75) is 64.3 Å². The van der Waals surface area contributed by atoms with E-state index in [1.807, 2.05) is 11.1 Å². The maximum Gasteiger partial charge on any atom is 0.266 e. The number of hydrogen-bond acceptors (Lipinski definition) is 8. The number of nitrogens with zero attached hydrogens (tertiary/aromatic N) is 4. The van der Waals surface area contributed by atoms with Crippen molar-refractivity contribution in [1.82, 2.24) is 20.0 Å². The van der Waals surface area contributed by atoms with Gasteiger partial charge in [0.15, 0.2) is 5.78 Å². The zero-order valence-corrected chi connectivity index (χ0v) is 26.2. The number of allylic oxidation sites excluding steroid dienone is 2. The number of nitrogens with one attached hydrogen (secondary N) is 1. The smallest absolute Gasteiger partial charge is 0.266 e. The van der Waals surface area contributed by atoms with Crippen LogP contribution in [0.2, 0.25) is 0 Å². The van der Waals surface area contributed by atoms with Crippen LogP contribution in [-0.2, 0) is 9.59 Å². The van der Waals surface area contributed by atoms with Gasteiger partial charge in [0.05, 0.1) is 29.9 Å². The van der Waals surface area contributed by atoms with Gasteiger partial charge in [-0.3, -0.25) is 19.3 Å². The molecular weight excluding hydrogens is 573 g/mol. The minimum Gasteiger partial charge on any atom is -0.387 e. The molecule has 1 N–H and O–H groups in total. The molecule has 0 aliphatic carbocycles. The first kappa shape index (κ1) is 32.3. The molecule has 0 saturated carbocycles. The van der Waals surface area contributed by atoms with Gasteiger partial charge in [-0.25, -0.2) is 9.29 Å². The number of hydrogen-bond donors (Lipinski definition) is 1. The first-order chi connectivity index (χ1) is 21.9. The molecule has 1 aromatic carbocycles. The summed E-state index contributed by atoms with van der Waals surface area (Å²) in [6.07, 6.45) is 19.4. The molecule has 4 aliphatic rings. The lowest BCUT2D eigenvalue weighted by Gasteiger charge is -2.41. The van der Waals surface area contributed by atoms with Crippen LogP contribution >= 0.6 is 0 Å². The normalized spacial score (nSPS) is 18.9. The molecule has 5 rings (SSSR count). The molecule has 9 nitrogen and oxygen atoms in total. The van der Waals surface area contributed by atoms with E-state index in [1.165, 1.54) is 43.4 Å². The van der Waals surface area contributed by atoms with Crippen LogP contribution < -0.4 is 10.2 Å². The van der Waals surface area contributed by atoms with Crippen LogP contribution in [0, 0.1) is 5.82 Å². The highest BCUT2D eigenvalue weighted by Crippen LogP contribution is 2.34. The second-order valence-corrected chi connectivity index (χ2v) is 12.1. The van der Waals surface area contributed by atoms with Crippen molar-refractivity contribution in [3.05, 3.63) is 77.1 Å². The number of ketones is 1. The molecule has 1 aromatic rings. The number of rotatable bonds is 15. The predicted molar refractivity (Wildman–Crippen MR) is 172 cm³/mol. The van der Waals surface area contributed by atoms with Crippen molar-refractivity contribution in [1.29, 1.82) is 0 Å². The zero-order valence-electron chi connectivity index (χ0n) is 26.2. The quantitative estimate of drug-likeness (QED) is 0.174. The highest BCUT2D eigenvalue weighted by Gasteiger charge is 2.40. The van der Waals surface area contributed by atoms with Crippen LogP contribution in [0.1, 0.15) is 79.0 Å². The first-order valence-corrected chi connectivity index (χ1v) is 16.3. The Morgan fingerprint density at radius 2 is 1.82 bits per heavy atom. The molecule has 10 heteroatoms. The van der Waals surface area contributed by atoms with Gasteiger partial charge in [0.25, 0.3) is 11.8 Å². The molecule has 0 radical (unpaired) electrons. The van der Waals surface area contributed by atoms with E-state index in [2.05, 4.69) is 29.3 Å². The Morgan fingerprint density at radius 3 is 2.53 bits per heavy atom. The number of carbonyl (C=O) groups excluding carboxylic acids is 4. The molecule has 1 fully saturated rings. The number of benzene rings is 1. The molecule has 0 bridgehead atoms. The van der Waals surface area contributed by atoms with Crippen LogP contribution in [0.15, 0.2) is 60.1 Å². The molecule has 4 aliphatic heterocycles. The van der Waals surface area contributed by atoms with Gasteiger partial charge in [0, 0.05) is 57.3 Å². The SMILES string of the molecule is CCCCCCC(C1=CCNC=C1)N1CCN(c2cc3c(cc2F)C(=O)N(C2=CC=CN(CC(=O)CCCC=O)C2)C3=O)CC1. The van der Waals surface area contributed by atoms with Crippen LogP contribution in [-0.4, -0.2) is 90.4 Å². The van der Waals surface area contributed by atoms with Crippen LogP contribution in [0.4, 0.5) is 10.1 Å². The molecule has 45 heavy (non-hydrogen) atoms. The highest BCUT2D eigenvalue weighted by molar-refractivity contribution is 6.23. The minimum absolute atomic E-state index is 0.0244. The Morgan fingerprint density at radius 1 is 1.04 bits per heavy atom. The van der Waals surface area contributed by atoms with Gasteiger partial charge in [-0.05, 0) is 61.2 Å². The fraction of sp³-hybridized carbons (Fsp3) is 0.486. The summed E-state index contributed by atoms with van der Waals surface area (Å²) in [6, 6.07) is 3.06. The van der Waals surface area contributed by atoms with Crippen molar-refractivity contribution >= 4 is 29.6 Å². The number of unbranched alkanes of at least 4 members (excludes halogenated alkanes) is 4. The van der Waals surface area contributed by atoms with E-state index in [1.54, 1.807) is 23.3 Å². The molecule has 240 valence electrons. The third-order valence-corrected chi connectivity index (χ3v) is 9.01. The van der Waals surface area contributed by atoms with Gasteiger partial charge in [-0.15, -0.1) is 0 Å². The second-order valence-electron chi connectivity index (χ2n) is 12.1. The molecule has 0 aromatic heterocycles. The Bertz CT molecular complexity index is 1410. The Balaban J connectivity index is 1.24. The summed E-state index contributed by atoms with van der Waals surface area (Å²) >= 11 is 0. The van der Waals surface area contributed by atoms with Gasteiger partial charge in [-0.1, -0.05) is 38.7 Å². The third-order valence-electron chi connectivity index (χ3n) is 9.01. The van der Waals surface area contributed by atoms with E-state index in [-0.39, 0.29) is 36.4 Å². The molecule has 1 unspecified atom stereocenters. The summed E-state index contributed by atoms with van der Waals surface area (Å²) in [4.78, 5) is 57.1.